The van der Waals surface area contributed by atoms with Crippen LogP contribution in [0, 0.1) is 5.92 Å². The molecule has 34 heavy (non-hydrogen) atoms. The second-order valence-corrected chi connectivity index (χ2v) is 10.6. The van der Waals surface area contributed by atoms with Gasteiger partial charge in [0.15, 0.2) is 0 Å². The lowest BCUT2D eigenvalue weighted by Gasteiger charge is -2.34. The van der Waals surface area contributed by atoms with Crippen LogP contribution in [0.5, 0.6) is 0 Å². The highest BCUT2D eigenvalue weighted by atomic mass is 32.2. The summed E-state index contributed by atoms with van der Waals surface area (Å²) in [5.41, 5.74) is 1.29. The first kappa shape index (κ1) is 27.3. The van der Waals surface area contributed by atoms with E-state index in [9.17, 15) is 28.2 Å². The molecular weight excluding hydrogens is 458 g/mol. The van der Waals surface area contributed by atoms with Gasteiger partial charge in [-0.25, -0.2) is 13.2 Å². The number of amides is 2. The summed E-state index contributed by atoms with van der Waals surface area (Å²) in [7, 11) is -2.63. The van der Waals surface area contributed by atoms with Gasteiger partial charge >= 0.3 is 6.09 Å². The Morgan fingerprint density at radius 1 is 1.00 bits per heavy atom. The van der Waals surface area contributed by atoms with Crippen molar-refractivity contribution in [2.45, 2.75) is 44.2 Å². The Morgan fingerprint density at radius 3 is 2.09 bits per heavy atom. The maximum atomic E-state index is 13.4. The van der Waals surface area contributed by atoms with Crippen molar-refractivity contribution in [3.05, 3.63) is 60.2 Å². The first-order valence-electron chi connectivity index (χ1n) is 11.0. The molecule has 0 aromatic heterocycles. The molecule has 9 nitrogen and oxygen atoms in total. The predicted octanol–water partition coefficient (Wildman–Crippen LogP) is 2.87. The number of hydrogen-bond donors (Lipinski definition) is 3. The normalized spacial score (nSPS) is 13.5. The Balaban J connectivity index is 2.33. The Morgan fingerprint density at radius 2 is 1.59 bits per heavy atom. The van der Waals surface area contributed by atoms with E-state index >= 15 is 0 Å². The summed E-state index contributed by atoms with van der Waals surface area (Å²) in [5.74, 6) is -0.308. The molecule has 10 heteroatoms. The number of aliphatic hydroxyl groups excluding tert-OH is 1. The molecule has 0 bridgehead atoms. The van der Waals surface area contributed by atoms with E-state index in [2.05, 4.69) is 5.32 Å². The Labute approximate surface area is 201 Å². The summed E-state index contributed by atoms with van der Waals surface area (Å²) in [4.78, 5) is 23.9. The second-order valence-electron chi connectivity index (χ2n) is 8.64. The van der Waals surface area contributed by atoms with Crippen molar-refractivity contribution in [3.63, 3.8) is 0 Å². The molecule has 0 unspecified atom stereocenters. The molecule has 2 atom stereocenters. The number of carboxylic acid groups (broad SMARTS) is 1. The molecule has 0 aliphatic carbocycles. The monoisotopic (exact) mass is 491 g/mol. The summed E-state index contributed by atoms with van der Waals surface area (Å²) in [6, 6.07) is 14.1. The quantitative estimate of drug-likeness (QED) is 0.444. The van der Waals surface area contributed by atoms with Crippen LogP contribution in [0.4, 0.5) is 10.5 Å². The number of aliphatic hydroxyl groups is 1. The molecule has 0 aliphatic heterocycles. The highest BCUT2D eigenvalue weighted by molar-refractivity contribution is 7.89. The minimum Gasteiger partial charge on any atom is -0.465 e. The first-order valence-corrected chi connectivity index (χ1v) is 12.4. The fourth-order valence-electron chi connectivity index (χ4n) is 3.60. The van der Waals surface area contributed by atoms with E-state index in [1.54, 1.807) is 0 Å². The Kier molecular flexibility index (Phi) is 9.60. The standard InChI is InChI=1S/C24H33N3O6S/c1-17(2)15-27(34(32,33)21-12-10-20(11-13-21)25-18(3)28)16-23(29)22(26(4)24(30)31)14-19-8-6-5-7-9-19/h5-13,17,22-23,29H,14-16H2,1-4H3,(H,25,28)(H,30,31)/t22-,23+/m0/s1. The molecule has 2 amide bonds. The minimum atomic E-state index is -3.99. The van der Waals surface area contributed by atoms with Gasteiger partial charge in [0.05, 0.1) is 17.0 Å². The van der Waals surface area contributed by atoms with Gasteiger partial charge < -0.3 is 20.4 Å². The van der Waals surface area contributed by atoms with Crippen molar-refractivity contribution in [1.29, 1.82) is 0 Å². The average molecular weight is 492 g/mol. The number of rotatable bonds is 11. The molecule has 0 aliphatic rings. The van der Waals surface area contributed by atoms with Gasteiger partial charge in [-0.2, -0.15) is 4.31 Å². The maximum absolute atomic E-state index is 13.4. The van der Waals surface area contributed by atoms with Crippen molar-refractivity contribution in [2.24, 2.45) is 5.92 Å². The van der Waals surface area contributed by atoms with Crippen LogP contribution in [-0.4, -0.2) is 72.1 Å². The maximum Gasteiger partial charge on any atom is 0.407 e. The zero-order valence-corrected chi connectivity index (χ0v) is 20.7. The minimum absolute atomic E-state index is 0.0145. The van der Waals surface area contributed by atoms with Gasteiger partial charge in [0.25, 0.3) is 0 Å². The fourth-order valence-corrected chi connectivity index (χ4v) is 5.22. The molecule has 0 fully saturated rings. The molecule has 2 rings (SSSR count). The van der Waals surface area contributed by atoms with Crippen molar-refractivity contribution >= 4 is 27.7 Å². The van der Waals surface area contributed by atoms with Crippen molar-refractivity contribution in [2.75, 3.05) is 25.5 Å². The van der Waals surface area contributed by atoms with E-state index in [4.69, 9.17) is 0 Å². The van der Waals surface area contributed by atoms with Crippen LogP contribution in [0.15, 0.2) is 59.5 Å². The van der Waals surface area contributed by atoms with E-state index < -0.39 is 28.3 Å². The molecule has 0 spiro atoms. The fraction of sp³-hybridized carbons (Fsp3) is 0.417. The molecule has 2 aromatic rings. The number of carbonyl (C=O) groups is 2. The molecule has 3 N–H and O–H groups in total. The van der Waals surface area contributed by atoms with Gasteiger partial charge in [0, 0.05) is 32.7 Å². The lowest BCUT2D eigenvalue weighted by Crippen LogP contribution is -2.51. The smallest absolute Gasteiger partial charge is 0.407 e. The lowest BCUT2D eigenvalue weighted by molar-refractivity contribution is -0.114. The van der Waals surface area contributed by atoms with Crippen LogP contribution in [0.25, 0.3) is 0 Å². The number of hydrogen-bond acceptors (Lipinski definition) is 5. The molecule has 186 valence electrons. The van der Waals surface area contributed by atoms with Crippen LogP contribution in [0.1, 0.15) is 26.3 Å². The third-order valence-electron chi connectivity index (χ3n) is 5.30. The van der Waals surface area contributed by atoms with Crippen LogP contribution >= 0.6 is 0 Å². The van der Waals surface area contributed by atoms with Gasteiger partial charge in [-0.05, 0) is 42.2 Å². The summed E-state index contributed by atoms with van der Waals surface area (Å²) < 4.78 is 28.0. The largest absolute Gasteiger partial charge is 0.465 e. The number of carbonyl (C=O) groups excluding carboxylic acids is 1. The summed E-state index contributed by atoms with van der Waals surface area (Å²) >= 11 is 0. The molecule has 2 aromatic carbocycles. The number of sulfonamides is 1. The van der Waals surface area contributed by atoms with Crippen LogP contribution < -0.4 is 5.32 Å². The summed E-state index contributed by atoms with van der Waals surface area (Å²) in [6.07, 6.45) is -2.26. The molecule has 0 radical (unpaired) electrons. The number of anilines is 1. The van der Waals surface area contributed by atoms with Gasteiger partial charge in [-0.1, -0.05) is 44.2 Å². The van der Waals surface area contributed by atoms with E-state index in [0.717, 1.165) is 10.5 Å². The third-order valence-corrected chi connectivity index (χ3v) is 7.15. The van der Waals surface area contributed by atoms with Crippen molar-refractivity contribution < 1.29 is 28.2 Å². The predicted molar refractivity (Wildman–Crippen MR) is 130 cm³/mol. The Bertz CT molecular complexity index is 1060. The lowest BCUT2D eigenvalue weighted by atomic mass is 10.00. The Hall–Kier alpha value is -2.95. The zero-order valence-electron chi connectivity index (χ0n) is 19.9. The van der Waals surface area contributed by atoms with Crippen LogP contribution in [0.2, 0.25) is 0 Å². The number of benzene rings is 2. The number of nitrogens with zero attached hydrogens (tertiary/aromatic N) is 2. The number of nitrogens with one attached hydrogen (secondary N) is 1. The first-order chi connectivity index (χ1) is 15.9. The molecule has 0 heterocycles. The molecule has 0 saturated heterocycles. The highest BCUT2D eigenvalue weighted by Gasteiger charge is 2.33. The molecular formula is C24H33N3O6S. The van der Waals surface area contributed by atoms with Crippen molar-refractivity contribution in [3.8, 4) is 0 Å². The van der Waals surface area contributed by atoms with E-state index in [0.29, 0.717) is 5.69 Å². The summed E-state index contributed by atoms with van der Waals surface area (Å²) in [5, 5.41) is 23.2. The van der Waals surface area contributed by atoms with E-state index in [-0.39, 0.29) is 36.2 Å². The number of likely N-dealkylation sites (N-methyl/N-ethyl adjacent to an activating group) is 1. The van der Waals surface area contributed by atoms with Crippen LogP contribution in [-0.2, 0) is 21.2 Å². The van der Waals surface area contributed by atoms with E-state index in [1.165, 1.54) is 42.5 Å². The highest BCUT2D eigenvalue weighted by Crippen LogP contribution is 2.22. The summed E-state index contributed by atoms with van der Waals surface area (Å²) in [6.45, 7) is 4.94. The van der Waals surface area contributed by atoms with Crippen molar-refractivity contribution in [1.82, 2.24) is 9.21 Å². The second kappa shape index (κ2) is 12.0. The SMILES string of the molecule is CC(=O)Nc1ccc(S(=O)(=O)N(CC(C)C)C[C@@H](O)[C@H](Cc2ccccc2)N(C)C(=O)O)cc1. The van der Waals surface area contributed by atoms with Crippen LogP contribution in [0.3, 0.4) is 0 Å². The average Bonchev–Trinajstić information content (AvgIpc) is 2.76. The van der Waals surface area contributed by atoms with Gasteiger partial charge in [-0.15, -0.1) is 0 Å². The van der Waals surface area contributed by atoms with Gasteiger partial charge in [0.1, 0.15) is 0 Å². The molecule has 0 saturated carbocycles. The van der Waals surface area contributed by atoms with E-state index in [1.807, 2.05) is 44.2 Å². The van der Waals surface area contributed by atoms with Gasteiger partial charge in [0.2, 0.25) is 15.9 Å². The third kappa shape index (κ3) is 7.54. The van der Waals surface area contributed by atoms with Gasteiger partial charge in [-0.3, -0.25) is 4.79 Å². The topological polar surface area (TPSA) is 127 Å². The zero-order chi connectivity index (χ0) is 25.5.